The molecule has 6 heteroatoms. The van der Waals surface area contributed by atoms with Crippen LogP contribution in [-0.4, -0.2) is 54.0 Å². The van der Waals surface area contributed by atoms with Gasteiger partial charge in [-0.05, 0) is 41.5 Å². The summed E-state index contributed by atoms with van der Waals surface area (Å²) in [6.07, 6.45) is 0.990. The van der Waals surface area contributed by atoms with Crippen molar-refractivity contribution in [2.24, 2.45) is 0 Å². The number of carbonyl (C=O) groups is 2. The van der Waals surface area contributed by atoms with E-state index < -0.39 is 24.2 Å². The van der Waals surface area contributed by atoms with Crippen molar-refractivity contribution in [2.45, 2.75) is 44.2 Å². The van der Waals surface area contributed by atoms with Crippen molar-refractivity contribution >= 4 is 12.1 Å². The van der Waals surface area contributed by atoms with Crippen LogP contribution in [0, 0.1) is 0 Å². The van der Waals surface area contributed by atoms with E-state index in [1.54, 1.807) is 0 Å². The number of hydrogen-bond donors (Lipinski definition) is 1. The molecule has 30 heavy (non-hydrogen) atoms. The Morgan fingerprint density at radius 1 is 1.13 bits per heavy atom. The maximum absolute atomic E-state index is 13.0. The number of hydrogen-bond acceptors (Lipinski definition) is 4. The number of fused-ring (bicyclic) bond motifs is 3. The van der Waals surface area contributed by atoms with Gasteiger partial charge < -0.3 is 14.6 Å². The second-order valence-corrected chi connectivity index (χ2v) is 7.83. The van der Waals surface area contributed by atoms with E-state index in [-0.39, 0.29) is 12.5 Å². The van der Waals surface area contributed by atoms with E-state index >= 15 is 0 Å². The van der Waals surface area contributed by atoms with Crippen molar-refractivity contribution in [3.05, 3.63) is 59.7 Å². The van der Waals surface area contributed by atoms with Crippen molar-refractivity contribution in [3.8, 4) is 11.1 Å². The number of carboxylic acids is 1. The Morgan fingerprint density at radius 2 is 1.77 bits per heavy atom. The first-order chi connectivity index (χ1) is 14.6. The molecule has 1 saturated heterocycles. The summed E-state index contributed by atoms with van der Waals surface area (Å²) in [6.45, 7) is 2.93. The third kappa shape index (κ3) is 3.79. The fourth-order valence-corrected chi connectivity index (χ4v) is 4.61. The van der Waals surface area contributed by atoms with Crippen LogP contribution in [0.2, 0.25) is 0 Å². The second-order valence-electron chi connectivity index (χ2n) is 7.83. The largest absolute Gasteiger partial charge is 0.480 e. The molecule has 0 aromatic heterocycles. The average Bonchev–Trinajstić information content (AvgIpc) is 3.38. The van der Waals surface area contributed by atoms with Gasteiger partial charge in [0.25, 0.3) is 0 Å². The molecule has 2 aromatic rings. The van der Waals surface area contributed by atoms with Crippen LogP contribution in [0.1, 0.15) is 43.2 Å². The van der Waals surface area contributed by atoms with Gasteiger partial charge in [0, 0.05) is 19.1 Å². The minimum atomic E-state index is -1.05. The zero-order valence-corrected chi connectivity index (χ0v) is 17.1. The summed E-state index contributed by atoms with van der Waals surface area (Å²) in [5.41, 5.74) is 4.56. The predicted octanol–water partition coefficient (Wildman–Crippen LogP) is 4.28. The fourth-order valence-electron chi connectivity index (χ4n) is 4.61. The van der Waals surface area contributed by atoms with E-state index in [0.717, 1.165) is 28.7 Å². The highest BCUT2D eigenvalue weighted by Crippen LogP contribution is 2.44. The number of benzene rings is 2. The molecule has 0 spiro atoms. The quantitative estimate of drug-likeness (QED) is 0.739. The van der Waals surface area contributed by atoms with Gasteiger partial charge in [-0.25, -0.2) is 9.59 Å². The fraction of sp³-hybridized carbons (Fsp3) is 0.417. The van der Waals surface area contributed by atoms with Gasteiger partial charge in [0.1, 0.15) is 6.61 Å². The Labute approximate surface area is 176 Å². The molecule has 2 atom stereocenters. The standard InChI is InChI=1S/C24H27NO5/c1-2-13-25(22(23(26)27)21-12-7-14-29-21)24(28)30-15-20-18-10-5-3-8-16(18)17-9-4-6-11-19(17)20/h3-6,8-11,20-22H,2,7,12-15H2,1H3,(H,26,27). The molecule has 0 saturated carbocycles. The molecule has 2 aromatic carbocycles. The predicted molar refractivity (Wildman–Crippen MR) is 112 cm³/mol. The number of ether oxygens (including phenoxy) is 2. The highest BCUT2D eigenvalue weighted by Gasteiger charge is 2.40. The normalized spacial score (nSPS) is 18.5. The van der Waals surface area contributed by atoms with Gasteiger partial charge in [0.2, 0.25) is 0 Å². The highest BCUT2D eigenvalue weighted by molar-refractivity contribution is 5.81. The van der Waals surface area contributed by atoms with Crippen LogP contribution >= 0.6 is 0 Å². The molecule has 1 heterocycles. The van der Waals surface area contributed by atoms with Crippen LogP contribution in [-0.2, 0) is 14.3 Å². The van der Waals surface area contributed by atoms with Crippen LogP contribution in [0.15, 0.2) is 48.5 Å². The molecule has 2 aliphatic rings. The molecule has 1 fully saturated rings. The number of nitrogens with zero attached hydrogens (tertiary/aromatic N) is 1. The SMILES string of the molecule is CCCN(C(=O)OCC1c2ccccc2-c2ccccc21)C(C(=O)O)C1CCCO1. The van der Waals surface area contributed by atoms with Gasteiger partial charge in [0.15, 0.2) is 6.04 Å². The lowest BCUT2D eigenvalue weighted by Crippen LogP contribution is -2.52. The molecule has 1 amide bonds. The van der Waals surface area contributed by atoms with Crippen LogP contribution in [0.4, 0.5) is 4.79 Å². The van der Waals surface area contributed by atoms with Crippen molar-refractivity contribution < 1.29 is 24.2 Å². The van der Waals surface area contributed by atoms with Gasteiger partial charge in [-0.15, -0.1) is 0 Å². The Morgan fingerprint density at radius 3 is 2.30 bits per heavy atom. The highest BCUT2D eigenvalue weighted by atomic mass is 16.6. The molecule has 158 valence electrons. The Kier molecular flexibility index (Phi) is 6.04. The third-order valence-corrected chi connectivity index (χ3v) is 5.94. The molecule has 4 rings (SSSR count). The maximum atomic E-state index is 13.0. The maximum Gasteiger partial charge on any atom is 0.410 e. The average molecular weight is 409 g/mol. The summed E-state index contributed by atoms with van der Waals surface area (Å²) in [7, 11) is 0. The molecule has 1 aliphatic carbocycles. The summed E-state index contributed by atoms with van der Waals surface area (Å²) >= 11 is 0. The molecule has 2 unspecified atom stereocenters. The van der Waals surface area contributed by atoms with Crippen LogP contribution < -0.4 is 0 Å². The smallest absolute Gasteiger partial charge is 0.410 e. The lowest BCUT2D eigenvalue weighted by Gasteiger charge is -2.31. The van der Waals surface area contributed by atoms with E-state index in [1.165, 1.54) is 4.90 Å². The van der Waals surface area contributed by atoms with E-state index in [0.29, 0.717) is 26.0 Å². The van der Waals surface area contributed by atoms with Gasteiger partial charge in [-0.2, -0.15) is 0 Å². The van der Waals surface area contributed by atoms with Crippen LogP contribution in [0.3, 0.4) is 0 Å². The molecule has 6 nitrogen and oxygen atoms in total. The first kappa shape index (κ1) is 20.4. The minimum Gasteiger partial charge on any atom is -0.480 e. The third-order valence-electron chi connectivity index (χ3n) is 5.94. The second kappa shape index (κ2) is 8.88. The number of carbonyl (C=O) groups excluding carboxylic acids is 1. The van der Waals surface area contributed by atoms with Crippen molar-refractivity contribution in [2.75, 3.05) is 19.8 Å². The number of rotatable bonds is 7. The summed E-state index contributed by atoms with van der Waals surface area (Å²) in [5.74, 6) is -1.11. The first-order valence-electron chi connectivity index (χ1n) is 10.6. The van der Waals surface area contributed by atoms with Gasteiger partial charge >= 0.3 is 12.1 Å². The lowest BCUT2D eigenvalue weighted by molar-refractivity contribution is -0.147. The van der Waals surface area contributed by atoms with Gasteiger partial charge in [-0.3, -0.25) is 4.90 Å². The molecule has 0 bridgehead atoms. The van der Waals surface area contributed by atoms with E-state index in [4.69, 9.17) is 9.47 Å². The molecular weight excluding hydrogens is 382 g/mol. The number of amides is 1. The first-order valence-corrected chi connectivity index (χ1v) is 10.6. The van der Waals surface area contributed by atoms with E-state index in [1.807, 2.05) is 31.2 Å². The van der Waals surface area contributed by atoms with Gasteiger partial charge in [-0.1, -0.05) is 55.5 Å². The van der Waals surface area contributed by atoms with Gasteiger partial charge in [0.05, 0.1) is 6.10 Å². The lowest BCUT2D eigenvalue weighted by atomic mass is 9.98. The topological polar surface area (TPSA) is 76.1 Å². The summed E-state index contributed by atoms with van der Waals surface area (Å²) < 4.78 is 11.3. The number of aliphatic carboxylic acids is 1. The van der Waals surface area contributed by atoms with Crippen LogP contribution in [0.5, 0.6) is 0 Å². The summed E-state index contributed by atoms with van der Waals surface area (Å²) in [5, 5.41) is 9.79. The Bertz CT molecular complexity index is 876. The van der Waals surface area contributed by atoms with Crippen molar-refractivity contribution in [1.29, 1.82) is 0 Å². The molecular formula is C24H27NO5. The van der Waals surface area contributed by atoms with Crippen LogP contribution in [0.25, 0.3) is 11.1 Å². The number of carboxylic acid groups (broad SMARTS) is 1. The Hall–Kier alpha value is -2.86. The van der Waals surface area contributed by atoms with Crippen molar-refractivity contribution in [1.82, 2.24) is 4.90 Å². The minimum absolute atomic E-state index is 0.0594. The van der Waals surface area contributed by atoms with Crippen molar-refractivity contribution in [3.63, 3.8) is 0 Å². The zero-order valence-electron chi connectivity index (χ0n) is 17.1. The molecule has 1 N–H and O–H groups in total. The van der Waals surface area contributed by atoms with E-state index in [9.17, 15) is 14.7 Å². The zero-order chi connectivity index (χ0) is 21.1. The molecule has 0 radical (unpaired) electrons. The summed E-state index contributed by atoms with van der Waals surface area (Å²) in [6, 6.07) is 15.2. The molecule has 1 aliphatic heterocycles. The monoisotopic (exact) mass is 409 g/mol. The Balaban J connectivity index is 1.53. The summed E-state index contributed by atoms with van der Waals surface area (Å²) in [4.78, 5) is 26.3. The van der Waals surface area contributed by atoms with E-state index in [2.05, 4.69) is 24.3 Å².